The Morgan fingerprint density at radius 2 is 1.68 bits per heavy atom. The average molecular weight is 523 g/mol. The fourth-order valence-corrected chi connectivity index (χ4v) is 5.13. The molecule has 174 valence electrons. The molecular weight excluding hydrogens is 500 g/mol. The Balaban J connectivity index is 1.59. The molecule has 3 aromatic rings. The van der Waals surface area contributed by atoms with E-state index < -0.39 is 24.0 Å². The van der Waals surface area contributed by atoms with E-state index in [2.05, 4.69) is 15.9 Å². The van der Waals surface area contributed by atoms with Crippen molar-refractivity contribution in [2.45, 2.75) is 19.1 Å². The van der Waals surface area contributed by atoms with E-state index in [9.17, 15) is 9.59 Å². The van der Waals surface area contributed by atoms with Gasteiger partial charge in [-0.15, -0.1) is 0 Å². The smallest absolute Gasteiger partial charge is 0.266 e. The number of anilines is 2. The van der Waals surface area contributed by atoms with Gasteiger partial charge in [0, 0.05) is 0 Å². The Hall–Kier alpha value is -3.36. The summed E-state index contributed by atoms with van der Waals surface area (Å²) in [5.41, 5.74) is 2.01. The second-order valence-corrected chi connectivity index (χ2v) is 8.82. The van der Waals surface area contributed by atoms with Crippen molar-refractivity contribution in [1.82, 2.24) is 0 Å². The molecule has 2 heterocycles. The van der Waals surface area contributed by atoms with E-state index in [4.69, 9.17) is 14.3 Å². The highest BCUT2D eigenvalue weighted by Crippen LogP contribution is 2.49. The van der Waals surface area contributed by atoms with Crippen molar-refractivity contribution in [1.29, 1.82) is 0 Å². The van der Waals surface area contributed by atoms with Crippen LogP contribution in [-0.4, -0.2) is 31.6 Å². The van der Waals surface area contributed by atoms with Gasteiger partial charge in [-0.25, -0.2) is 9.96 Å². The number of hydrogen-bond acceptors (Lipinski definition) is 6. The number of carbonyl (C=O) groups is 2. The second kappa shape index (κ2) is 9.12. The zero-order chi connectivity index (χ0) is 23.8. The number of amides is 2. The van der Waals surface area contributed by atoms with Crippen LogP contribution in [0.2, 0.25) is 0 Å². The minimum atomic E-state index is -0.951. The fraction of sp³-hybridized carbons (Fsp3) is 0.231. The van der Waals surface area contributed by atoms with Gasteiger partial charge in [0.2, 0.25) is 5.91 Å². The second-order valence-electron chi connectivity index (χ2n) is 7.96. The molecular formula is C26H23BrN2O5. The van der Waals surface area contributed by atoms with Gasteiger partial charge < -0.3 is 9.47 Å². The van der Waals surface area contributed by atoms with Crippen LogP contribution >= 0.6 is 15.9 Å². The Bertz CT molecular complexity index is 1230. The number of para-hydroxylation sites is 3. The van der Waals surface area contributed by atoms with Crippen molar-refractivity contribution in [3.63, 3.8) is 0 Å². The first-order chi connectivity index (χ1) is 16.5. The molecule has 2 aliphatic heterocycles. The van der Waals surface area contributed by atoms with Gasteiger partial charge in [-0.1, -0.05) is 36.4 Å². The molecule has 3 aromatic carbocycles. The summed E-state index contributed by atoms with van der Waals surface area (Å²) in [4.78, 5) is 34.8. The maximum atomic E-state index is 13.8. The Morgan fingerprint density at radius 3 is 2.38 bits per heavy atom. The molecule has 7 nitrogen and oxygen atoms in total. The van der Waals surface area contributed by atoms with Gasteiger partial charge in [-0.2, -0.15) is 0 Å². The molecule has 34 heavy (non-hydrogen) atoms. The summed E-state index contributed by atoms with van der Waals surface area (Å²) in [5.74, 6) is -0.305. The van der Waals surface area contributed by atoms with Gasteiger partial charge >= 0.3 is 0 Å². The van der Waals surface area contributed by atoms with Crippen LogP contribution in [0.15, 0.2) is 77.3 Å². The average Bonchev–Trinajstić information content (AvgIpc) is 3.36. The quantitative estimate of drug-likeness (QED) is 0.428. The highest BCUT2D eigenvalue weighted by atomic mass is 79.9. The summed E-state index contributed by atoms with van der Waals surface area (Å²) in [7, 11) is 1.59. The van der Waals surface area contributed by atoms with Crippen molar-refractivity contribution >= 4 is 39.1 Å². The molecule has 0 aliphatic carbocycles. The maximum Gasteiger partial charge on any atom is 0.266 e. The lowest BCUT2D eigenvalue weighted by Gasteiger charge is -2.29. The zero-order valence-corrected chi connectivity index (χ0v) is 20.3. The number of rotatable bonds is 6. The van der Waals surface area contributed by atoms with Crippen LogP contribution in [-0.2, 0) is 14.4 Å². The third-order valence-electron chi connectivity index (χ3n) is 6.05. The lowest BCUT2D eigenvalue weighted by Crippen LogP contribution is -2.37. The third kappa shape index (κ3) is 3.63. The van der Waals surface area contributed by atoms with Crippen molar-refractivity contribution in [2.24, 2.45) is 5.92 Å². The highest BCUT2D eigenvalue weighted by molar-refractivity contribution is 9.10. The number of carbonyl (C=O) groups excluding carboxylic acids is 2. The van der Waals surface area contributed by atoms with E-state index in [0.717, 1.165) is 15.7 Å². The SMILES string of the molecule is CCOc1ccccc1N1C(=O)[C@@H]2[C@@H](c3ccc(OC)c(Br)c3)N(c3ccccc3)O[C@H]2C1=O. The summed E-state index contributed by atoms with van der Waals surface area (Å²) in [6.45, 7) is 2.28. The molecule has 0 N–H and O–H groups in total. The van der Waals surface area contributed by atoms with Crippen molar-refractivity contribution in [3.05, 3.63) is 82.8 Å². The standard InChI is InChI=1S/C26H23BrN2O5/c1-3-33-21-12-8-7-11-19(21)28-25(30)22-23(16-13-14-20(32-2)18(27)15-16)29(34-24(22)26(28)31)17-9-5-4-6-10-17/h4-15,22-24H,3H2,1-2H3/t22-,23-,24-/m1/s1. The van der Waals surface area contributed by atoms with E-state index >= 15 is 0 Å². The number of ether oxygens (including phenoxy) is 2. The van der Waals surface area contributed by atoms with Crippen LogP contribution < -0.4 is 19.4 Å². The topological polar surface area (TPSA) is 68.3 Å². The monoisotopic (exact) mass is 522 g/mol. The van der Waals surface area contributed by atoms with Crippen LogP contribution in [0, 0.1) is 5.92 Å². The van der Waals surface area contributed by atoms with Gasteiger partial charge in [0.05, 0.1) is 35.6 Å². The van der Waals surface area contributed by atoms with Crippen molar-refractivity contribution < 1.29 is 23.9 Å². The summed E-state index contributed by atoms with van der Waals surface area (Å²) in [6, 6.07) is 21.6. The number of methoxy groups -OCH3 is 1. The normalized spacial score (nSPS) is 21.7. The number of halogens is 1. The number of fused-ring (bicyclic) bond motifs is 1. The minimum absolute atomic E-state index is 0.322. The third-order valence-corrected chi connectivity index (χ3v) is 6.67. The fourth-order valence-electron chi connectivity index (χ4n) is 4.58. The molecule has 0 bridgehead atoms. The number of hydroxylamine groups is 1. The molecule has 5 rings (SSSR count). The minimum Gasteiger partial charge on any atom is -0.496 e. The summed E-state index contributed by atoms with van der Waals surface area (Å²) < 4.78 is 11.8. The first-order valence-corrected chi connectivity index (χ1v) is 11.8. The van der Waals surface area contributed by atoms with Crippen LogP contribution in [0.1, 0.15) is 18.5 Å². The van der Waals surface area contributed by atoms with E-state index in [1.807, 2.05) is 61.5 Å². The van der Waals surface area contributed by atoms with E-state index in [1.54, 1.807) is 30.4 Å². The van der Waals surface area contributed by atoms with Crippen LogP contribution in [0.4, 0.5) is 11.4 Å². The molecule has 0 saturated carbocycles. The first-order valence-electron chi connectivity index (χ1n) is 11.0. The number of nitrogens with zero attached hydrogens (tertiary/aromatic N) is 2. The van der Waals surface area contributed by atoms with Gasteiger partial charge in [-0.3, -0.25) is 14.4 Å². The molecule has 0 aromatic heterocycles. The number of benzene rings is 3. The van der Waals surface area contributed by atoms with Crippen molar-refractivity contribution in [2.75, 3.05) is 23.7 Å². The van der Waals surface area contributed by atoms with E-state index in [0.29, 0.717) is 23.8 Å². The van der Waals surface area contributed by atoms with Gasteiger partial charge in [-0.05, 0) is 64.8 Å². The Labute approximate surface area is 205 Å². The van der Waals surface area contributed by atoms with E-state index in [1.165, 1.54) is 4.90 Å². The molecule has 2 aliphatic rings. The molecule has 0 unspecified atom stereocenters. The maximum absolute atomic E-state index is 13.8. The van der Waals surface area contributed by atoms with Gasteiger partial charge in [0.25, 0.3) is 5.91 Å². The first kappa shape index (κ1) is 22.4. The predicted octanol–water partition coefficient (Wildman–Crippen LogP) is 4.91. The lowest BCUT2D eigenvalue weighted by atomic mass is 9.90. The molecule has 0 radical (unpaired) electrons. The van der Waals surface area contributed by atoms with Crippen LogP contribution in [0.5, 0.6) is 11.5 Å². The molecule has 2 saturated heterocycles. The summed E-state index contributed by atoms with van der Waals surface area (Å²) >= 11 is 3.54. The van der Waals surface area contributed by atoms with Crippen LogP contribution in [0.25, 0.3) is 0 Å². The number of imide groups is 1. The highest BCUT2D eigenvalue weighted by Gasteiger charge is 2.60. The Morgan fingerprint density at radius 1 is 0.941 bits per heavy atom. The van der Waals surface area contributed by atoms with Gasteiger partial charge in [0.15, 0.2) is 6.10 Å². The molecule has 3 atom stereocenters. The number of hydrogen-bond donors (Lipinski definition) is 0. The van der Waals surface area contributed by atoms with E-state index in [-0.39, 0.29) is 5.91 Å². The Kier molecular flexibility index (Phi) is 6.02. The zero-order valence-electron chi connectivity index (χ0n) is 18.7. The van der Waals surface area contributed by atoms with Gasteiger partial charge in [0.1, 0.15) is 17.4 Å². The van der Waals surface area contributed by atoms with Crippen molar-refractivity contribution in [3.8, 4) is 11.5 Å². The predicted molar refractivity (Wildman–Crippen MR) is 131 cm³/mol. The molecule has 2 fully saturated rings. The lowest BCUT2D eigenvalue weighted by molar-refractivity contribution is -0.126. The summed E-state index contributed by atoms with van der Waals surface area (Å²) in [6.07, 6.45) is -0.951. The molecule has 0 spiro atoms. The van der Waals surface area contributed by atoms with Crippen LogP contribution in [0.3, 0.4) is 0 Å². The largest absolute Gasteiger partial charge is 0.496 e. The molecule has 8 heteroatoms. The summed E-state index contributed by atoms with van der Waals surface area (Å²) in [5, 5.41) is 1.67. The molecule has 2 amide bonds.